The number of hydrogen-bond acceptors (Lipinski definition) is 0. The molecule has 1 rings (SSSR count). The fraction of sp³-hybridized carbons (Fsp3) is 0.200. The molecule has 49 valence electrons. The Balaban J connectivity index is 0. The van der Waals surface area contributed by atoms with Gasteiger partial charge in [-0.25, -0.2) is 0 Å². The number of hydrogen-bond donors (Lipinski definition) is 0. The average molecular weight is 417 g/mol. The van der Waals surface area contributed by atoms with Crippen LogP contribution in [0.5, 0.6) is 0 Å². The van der Waals surface area contributed by atoms with Crippen LogP contribution in [0.4, 0.5) is 0 Å². The van der Waals surface area contributed by atoms with E-state index < -0.39 is 0 Å². The topological polar surface area (TPSA) is 0 Å². The maximum absolute atomic E-state index is 2.17. The van der Waals surface area contributed by atoms with Crippen LogP contribution in [0.1, 0.15) is 6.42 Å². The van der Waals surface area contributed by atoms with Crippen LogP contribution in [0, 0.1) is 0 Å². The first kappa shape index (κ1) is 11.8. The van der Waals surface area contributed by atoms with Crippen LogP contribution in [0.3, 0.4) is 0 Å². The van der Waals surface area contributed by atoms with Crippen LogP contribution in [-0.4, -0.2) is 0 Å². The first-order chi connectivity index (χ1) is 2.89. The summed E-state index contributed by atoms with van der Waals surface area (Å²) in [4.78, 5) is 0. The van der Waals surface area contributed by atoms with Gasteiger partial charge < -0.3 is 0 Å². The number of halogens is 2. The fourth-order valence-corrected chi connectivity index (χ4v) is 0.960. The van der Waals surface area contributed by atoms with Gasteiger partial charge in [0.2, 0.25) is 0 Å². The van der Waals surface area contributed by atoms with Crippen molar-refractivity contribution in [3.63, 3.8) is 0 Å². The van der Waals surface area contributed by atoms with E-state index in [0.29, 0.717) is 0 Å². The molecule has 1 aliphatic carbocycles. The zero-order chi connectivity index (χ0) is 4.41. The Bertz CT molecular complexity index is 107. The summed E-state index contributed by atoms with van der Waals surface area (Å²) >= 11 is 1.96. The van der Waals surface area contributed by atoms with Gasteiger partial charge >= 0.3 is 47.4 Å². The van der Waals surface area contributed by atoms with Gasteiger partial charge in [0.25, 0.3) is 0 Å². The van der Waals surface area contributed by atoms with Crippen molar-refractivity contribution in [2.45, 2.75) is 6.42 Å². The predicted molar refractivity (Wildman–Crippen MR) is 42.5 cm³/mol. The Morgan fingerprint density at radius 2 is 2.00 bits per heavy atom. The van der Waals surface area contributed by atoms with Crippen molar-refractivity contribution < 1.29 is 18.6 Å². The normalized spacial score (nSPS) is 13.9. The van der Waals surface area contributed by atoms with Gasteiger partial charge in [-0.3, -0.25) is 0 Å². The van der Waals surface area contributed by atoms with Crippen molar-refractivity contribution in [2.24, 2.45) is 0 Å². The Kier molecular flexibility index (Phi) is 9.16. The van der Waals surface area contributed by atoms with Crippen LogP contribution in [-0.2, 0) is 18.6 Å². The molecule has 0 aliphatic heterocycles. The third-order valence-electron chi connectivity index (χ3n) is 0.717. The summed E-state index contributed by atoms with van der Waals surface area (Å²) in [6.45, 7) is 0. The van der Waals surface area contributed by atoms with Crippen molar-refractivity contribution in [1.82, 2.24) is 0 Å². The molecule has 0 nitrogen and oxygen atoms in total. The van der Waals surface area contributed by atoms with Gasteiger partial charge in [0.15, 0.2) is 0 Å². The van der Waals surface area contributed by atoms with Gasteiger partial charge in [0, 0.05) is 0 Å². The molecule has 0 unspecified atom stereocenters. The molecular weight excluding hydrogens is 410 g/mol. The third kappa shape index (κ3) is 4.01. The zero-order valence-electron chi connectivity index (χ0n) is 4.11. The van der Waals surface area contributed by atoms with Crippen molar-refractivity contribution in [3.8, 4) is 0 Å². The molecule has 3 heteroatoms. The standard InChI is InChI=1S/C5H5.2BrH.Os/c1-2-4-5-3-1;;;/h1-3H,4H2;2*1H;. The minimum atomic E-state index is 0. The van der Waals surface area contributed by atoms with E-state index in [4.69, 9.17) is 0 Å². The predicted octanol–water partition coefficient (Wildman–Crippen LogP) is 2.53. The summed E-state index contributed by atoms with van der Waals surface area (Å²) < 4.78 is 1.50. The van der Waals surface area contributed by atoms with Crippen molar-refractivity contribution in [2.75, 3.05) is 0 Å². The van der Waals surface area contributed by atoms with Gasteiger partial charge in [0.05, 0.1) is 0 Å². The van der Waals surface area contributed by atoms with Crippen molar-refractivity contribution in [1.29, 1.82) is 0 Å². The average Bonchev–Trinajstić information content (AvgIpc) is 1.86. The van der Waals surface area contributed by atoms with Crippen LogP contribution in [0.25, 0.3) is 0 Å². The van der Waals surface area contributed by atoms with Crippen LogP contribution < -0.4 is 0 Å². The van der Waals surface area contributed by atoms with Gasteiger partial charge in [-0.15, -0.1) is 34.0 Å². The molecular formula is C5H7Br2Os. The summed E-state index contributed by atoms with van der Waals surface area (Å²) in [5.41, 5.74) is 0. The minimum absolute atomic E-state index is 0. The first-order valence-corrected chi connectivity index (χ1v) is 3.16. The number of allylic oxidation sites excluding steroid dienone is 4. The third-order valence-corrected chi connectivity index (χ3v) is 1.66. The summed E-state index contributed by atoms with van der Waals surface area (Å²) in [5, 5.41) is 0. The quantitative estimate of drug-likeness (QED) is 0.569. The van der Waals surface area contributed by atoms with Crippen LogP contribution in [0.15, 0.2) is 22.4 Å². The molecule has 0 bridgehead atoms. The Morgan fingerprint density at radius 3 is 2.12 bits per heavy atom. The molecule has 0 aromatic rings. The van der Waals surface area contributed by atoms with Crippen molar-refractivity contribution >= 4 is 34.0 Å². The van der Waals surface area contributed by atoms with Gasteiger partial charge in [-0.2, -0.15) is 0 Å². The summed E-state index contributed by atoms with van der Waals surface area (Å²) in [7, 11) is 0. The summed E-state index contributed by atoms with van der Waals surface area (Å²) in [6, 6.07) is 0. The molecule has 0 aromatic carbocycles. The van der Waals surface area contributed by atoms with E-state index in [0.717, 1.165) is 0 Å². The molecule has 0 amide bonds. The van der Waals surface area contributed by atoms with E-state index in [1.165, 1.54) is 10.5 Å². The molecule has 0 radical (unpaired) electrons. The maximum atomic E-state index is 2.17. The monoisotopic (exact) mass is 417 g/mol. The van der Waals surface area contributed by atoms with Crippen LogP contribution in [0.2, 0.25) is 0 Å². The molecule has 0 atom stereocenters. The van der Waals surface area contributed by atoms with E-state index in [-0.39, 0.29) is 34.0 Å². The fourth-order valence-electron chi connectivity index (χ4n) is 0.416. The van der Waals surface area contributed by atoms with Crippen LogP contribution >= 0.6 is 34.0 Å². The molecule has 0 saturated carbocycles. The van der Waals surface area contributed by atoms with E-state index in [9.17, 15) is 0 Å². The molecule has 0 N–H and O–H groups in total. The van der Waals surface area contributed by atoms with E-state index in [2.05, 4.69) is 18.2 Å². The molecule has 8 heavy (non-hydrogen) atoms. The second-order valence-electron chi connectivity index (χ2n) is 1.23. The Morgan fingerprint density at radius 1 is 1.38 bits per heavy atom. The first-order valence-electron chi connectivity index (χ1n) is 1.89. The van der Waals surface area contributed by atoms with Gasteiger partial charge in [0.1, 0.15) is 0 Å². The molecule has 0 heterocycles. The second-order valence-corrected chi connectivity index (χ2v) is 2.86. The van der Waals surface area contributed by atoms with Gasteiger partial charge in [-0.1, -0.05) is 0 Å². The zero-order valence-corrected chi connectivity index (χ0v) is 10.1. The summed E-state index contributed by atoms with van der Waals surface area (Å²) in [6.07, 6.45) is 7.60. The molecule has 0 spiro atoms. The molecule has 0 aromatic heterocycles. The number of rotatable bonds is 0. The Labute approximate surface area is 80.9 Å². The van der Waals surface area contributed by atoms with E-state index in [1.807, 2.05) is 18.6 Å². The Hall–Kier alpha value is 1.08. The molecule has 0 saturated heterocycles. The van der Waals surface area contributed by atoms with Crippen molar-refractivity contribution in [3.05, 3.63) is 22.4 Å². The van der Waals surface area contributed by atoms with E-state index in [1.54, 1.807) is 0 Å². The van der Waals surface area contributed by atoms with E-state index >= 15 is 0 Å². The molecule has 1 aliphatic rings. The second kappa shape index (κ2) is 6.20. The van der Waals surface area contributed by atoms with Gasteiger partial charge in [-0.05, 0) is 0 Å². The summed E-state index contributed by atoms with van der Waals surface area (Å²) in [5.74, 6) is 0. The SMILES string of the molecule is Br.Br.[Os][C]1=CC=CC1. The molecule has 0 fully saturated rings.